The molecule has 0 saturated carbocycles. The number of nitrogens with one attached hydrogen (secondary N) is 1. The molecule has 1 saturated heterocycles. The average molecular weight is 447 g/mol. The molecule has 5 heteroatoms. The molecule has 1 unspecified atom stereocenters. The second-order valence-corrected chi connectivity index (χ2v) is 8.42. The van der Waals surface area contributed by atoms with Crippen LogP contribution in [0.5, 0.6) is 0 Å². The molecule has 0 radical (unpaired) electrons. The van der Waals surface area contributed by atoms with Crippen LogP contribution in [-0.2, 0) is 27.4 Å². The zero-order chi connectivity index (χ0) is 22.6. The van der Waals surface area contributed by atoms with Crippen molar-refractivity contribution in [3.05, 3.63) is 89.6 Å². The van der Waals surface area contributed by atoms with Gasteiger partial charge < -0.3 is 19.5 Å². The van der Waals surface area contributed by atoms with E-state index < -0.39 is 0 Å². The highest BCUT2D eigenvalue weighted by atomic mass is 16.5. The van der Waals surface area contributed by atoms with Gasteiger partial charge in [0.25, 0.3) is 0 Å². The first-order valence-corrected chi connectivity index (χ1v) is 11.9. The Hall–Kier alpha value is -2.57. The highest BCUT2D eigenvalue weighted by Gasteiger charge is 2.15. The second-order valence-electron chi connectivity index (χ2n) is 8.42. The highest BCUT2D eigenvalue weighted by Crippen LogP contribution is 2.24. The van der Waals surface area contributed by atoms with Crippen LogP contribution in [-0.4, -0.2) is 44.5 Å². The van der Waals surface area contributed by atoms with Crippen molar-refractivity contribution in [2.75, 3.05) is 39.5 Å². The van der Waals surface area contributed by atoms with Crippen LogP contribution in [0.2, 0.25) is 0 Å². The lowest BCUT2D eigenvalue weighted by atomic mass is 9.91. The quantitative estimate of drug-likeness (QED) is 0.398. The van der Waals surface area contributed by atoms with Gasteiger partial charge in [0, 0.05) is 18.3 Å². The van der Waals surface area contributed by atoms with E-state index in [0.29, 0.717) is 45.6 Å². The molecule has 3 aromatic rings. The van der Waals surface area contributed by atoms with Crippen molar-refractivity contribution in [2.45, 2.75) is 32.0 Å². The third kappa shape index (κ3) is 7.76. The van der Waals surface area contributed by atoms with Gasteiger partial charge in [-0.05, 0) is 54.1 Å². The average Bonchev–Trinajstić information content (AvgIpc) is 2.89. The normalized spacial score (nSPS) is 16.1. The number of pyridine rings is 1. The zero-order valence-corrected chi connectivity index (χ0v) is 19.2. The van der Waals surface area contributed by atoms with Gasteiger partial charge in [-0.1, -0.05) is 54.6 Å². The van der Waals surface area contributed by atoms with Crippen molar-refractivity contribution in [1.82, 2.24) is 10.3 Å². The first-order valence-electron chi connectivity index (χ1n) is 11.9. The van der Waals surface area contributed by atoms with E-state index in [-0.39, 0.29) is 0 Å². The summed E-state index contributed by atoms with van der Waals surface area (Å²) >= 11 is 0. The van der Waals surface area contributed by atoms with E-state index in [4.69, 9.17) is 14.2 Å². The van der Waals surface area contributed by atoms with Crippen molar-refractivity contribution in [1.29, 1.82) is 0 Å². The summed E-state index contributed by atoms with van der Waals surface area (Å²) in [5, 5.41) is 3.49. The van der Waals surface area contributed by atoms with Gasteiger partial charge >= 0.3 is 0 Å². The minimum absolute atomic E-state index is 0.569. The maximum atomic E-state index is 5.80. The highest BCUT2D eigenvalue weighted by molar-refractivity contribution is 5.58. The van der Waals surface area contributed by atoms with Crippen molar-refractivity contribution in [3.63, 3.8) is 0 Å². The van der Waals surface area contributed by atoms with E-state index in [1.54, 1.807) is 0 Å². The molecule has 1 aromatic heterocycles. The Bertz CT molecular complexity index is 941. The molecule has 2 aromatic carbocycles. The number of piperidine rings is 1. The van der Waals surface area contributed by atoms with E-state index in [2.05, 4.69) is 58.8 Å². The van der Waals surface area contributed by atoms with Gasteiger partial charge in [-0.2, -0.15) is 0 Å². The van der Waals surface area contributed by atoms with E-state index in [1.165, 1.54) is 24.0 Å². The maximum Gasteiger partial charge on any atom is 0.0718 e. The fraction of sp³-hybridized carbons (Fsp3) is 0.393. The van der Waals surface area contributed by atoms with Crippen molar-refractivity contribution in [3.8, 4) is 11.3 Å². The largest absolute Gasteiger partial charge is 0.377 e. The van der Waals surface area contributed by atoms with Gasteiger partial charge in [-0.3, -0.25) is 4.98 Å². The lowest BCUT2D eigenvalue weighted by molar-refractivity contribution is 0.00703. The van der Waals surface area contributed by atoms with Gasteiger partial charge in [0.05, 0.1) is 45.3 Å². The second kappa shape index (κ2) is 13.2. The third-order valence-electron chi connectivity index (χ3n) is 5.92. The predicted octanol–water partition coefficient (Wildman–Crippen LogP) is 4.97. The molecule has 5 nitrogen and oxygen atoms in total. The number of ether oxygens (including phenoxy) is 3. The minimum atomic E-state index is 0.569. The van der Waals surface area contributed by atoms with E-state index in [9.17, 15) is 0 Å². The van der Waals surface area contributed by atoms with Gasteiger partial charge in [0.1, 0.15) is 0 Å². The summed E-state index contributed by atoms with van der Waals surface area (Å²) in [5.74, 6) is 0.626. The number of aromatic nitrogens is 1. The molecule has 1 aliphatic heterocycles. The number of hydrogen-bond donors (Lipinski definition) is 1. The molecule has 1 N–H and O–H groups in total. The Labute approximate surface area is 197 Å². The Morgan fingerprint density at radius 2 is 1.58 bits per heavy atom. The van der Waals surface area contributed by atoms with Crippen molar-refractivity contribution >= 4 is 0 Å². The van der Waals surface area contributed by atoms with Gasteiger partial charge in [0.2, 0.25) is 0 Å². The van der Waals surface area contributed by atoms with Crippen molar-refractivity contribution in [2.24, 2.45) is 0 Å². The van der Waals surface area contributed by atoms with Gasteiger partial charge in [0.15, 0.2) is 0 Å². The van der Waals surface area contributed by atoms with Crippen molar-refractivity contribution < 1.29 is 14.2 Å². The topological polar surface area (TPSA) is 52.6 Å². The lowest BCUT2D eigenvalue weighted by Gasteiger charge is -2.23. The molecule has 174 valence electrons. The Kier molecular flexibility index (Phi) is 9.44. The van der Waals surface area contributed by atoms with E-state index in [1.807, 2.05) is 24.4 Å². The summed E-state index contributed by atoms with van der Waals surface area (Å²) in [6.45, 7) is 5.73. The standard InChI is InChI=1S/C28H34N2O3/c1-2-14-30-28(8-1)25-11-9-23(10-12-25)21-32-17-15-31-16-18-33-22-24-5-3-6-26(19-24)27-7-4-13-29-20-27/h1-3,5-6,8-12,14,19,27,29H,4,7,13,15-18,20-22H2. The molecule has 0 aliphatic carbocycles. The van der Waals surface area contributed by atoms with Crippen LogP contribution in [0.4, 0.5) is 0 Å². The SMILES string of the molecule is c1ccc(-c2ccc(COCCOCCOCc3cccc(C4CCCNC4)c3)cc2)nc1. The van der Waals surface area contributed by atoms with Crippen LogP contribution < -0.4 is 5.32 Å². The molecule has 0 spiro atoms. The molecule has 0 bridgehead atoms. The molecule has 4 rings (SSSR count). The Morgan fingerprint density at radius 3 is 2.30 bits per heavy atom. The van der Waals surface area contributed by atoms with Crippen LogP contribution in [0.25, 0.3) is 11.3 Å². The fourth-order valence-electron chi connectivity index (χ4n) is 4.10. The zero-order valence-electron chi connectivity index (χ0n) is 19.2. The molecule has 2 heterocycles. The number of benzene rings is 2. The van der Waals surface area contributed by atoms with E-state index >= 15 is 0 Å². The number of nitrogens with zero attached hydrogens (tertiary/aromatic N) is 1. The van der Waals surface area contributed by atoms with Gasteiger partial charge in [-0.15, -0.1) is 0 Å². The third-order valence-corrected chi connectivity index (χ3v) is 5.92. The molecular weight excluding hydrogens is 412 g/mol. The summed E-state index contributed by atoms with van der Waals surface area (Å²) in [6.07, 6.45) is 4.33. The predicted molar refractivity (Wildman–Crippen MR) is 131 cm³/mol. The molecule has 1 atom stereocenters. The Balaban J connectivity index is 1.05. The lowest BCUT2D eigenvalue weighted by Crippen LogP contribution is -2.28. The molecule has 33 heavy (non-hydrogen) atoms. The molecule has 0 amide bonds. The fourth-order valence-corrected chi connectivity index (χ4v) is 4.10. The monoisotopic (exact) mass is 446 g/mol. The summed E-state index contributed by atoms with van der Waals surface area (Å²) in [7, 11) is 0. The van der Waals surface area contributed by atoms with Gasteiger partial charge in [-0.25, -0.2) is 0 Å². The van der Waals surface area contributed by atoms with Crippen LogP contribution in [0, 0.1) is 0 Å². The maximum absolute atomic E-state index is 5.80. The Morgan fingerprint density at radius 1 is 0.788 bits per heavy atom. The van der Waals surface area contributed by atoms with Crippen LogP contribution in [0.1, 0.15) is 35.4 Å². The number of rotatable bonds is 12. The van der Waals surface area contributed by atoms with Crippen LogP contribution in [0.3, 0.4) is 0 Å². The first kappa shape index (κ1) is 23.6. The first-order chi connectivity index (χ1) is 16.4. The summed E-state index contributed by atoms with van der Waals surface area (Å²) < 4.78 is 17.2. The molecular formula is C28H34N2O3. The summed E-state index contributed by atoms with van der Waals surface area (Å²) in [6, 6.07) is 23.1. The van der Waals surface area contributed by atoms with E-state index in [0.717, 1.165) is 29.9 Å². The summed E-state index contributed by atoms with van der Waals surface area (Å²) in [5.41, 5.74) is 5.89. The van der Waals surface area contributed by atoms with Crippen LogP contribution in [0.15, 0.2) is 72.9 Å². The minimum Gasteiger partial charge on any atom is -0.377 e. The smallest absolute Gasteiger partial charge is 0.0718 e. The summed E-state index contributed by atoms with van der Waals surface area (Å²) in [4.78, 5) is 4.38. The van der Waals surface area contributed by atoms with Crippen LogP contribution >= 0.6 is 0 Å². The molecule has 1 fully saturated rings. The molecule has 1 aliphatic rings. The number of hydrogen-bond acceptors (Lipinski definition) is 5.